The number of benzene rings is 1. The van der Waals surface area contributed by atoms with Crippen LogP contribution in [-0.2, 0) is 21.5 Å². The topological polar surface area (TPSA) is 38.3 Å². The zero-order valence-electron chi connectivity index (χ0n) is 11.7. The van der Waals surface area contributed by atoms with Crippen molar-refractivity contribution in [2.45, 2.75) is 32.0 Å². The number of halogens is 3. The van der Waals surface area contributed by atoms with Gasteiger partial charge in [-0.1, -0.05) is 31.2 Å². The zero-order chi connectivity index (χ0) is 15.4. The number of carbonyl (C=O) groups excluding carboxylic acids is 1. The largest absolute Gasteiger partial charge is 0.467 e. The Bertz CT molecular complexity index is 456. The predicted molar refractivity (Wildman–Crippen MR) is 69.2 cm³/mol. The fourth-order valence-corrected chi connectivity index (χ4v) is 1.85. The molecule has 3 nitrogen and oxygen atoms in total. The van der Waals surface area contributed by atoms with Crippen LogP contribution in [0.3, 0.4) is 0 Å². The van der Waals surface area contributed by atoms with Crippen LogP contribution in [0.1, 0.15) is 25.0 Å². The Morgan fingerprint density at radius 1 is 1.25 bits per heavy atom. The van der Waals surface area contributed by atoms with Crippen molar-refractivity contribution in [1.29, 1.82) is 0 Å². The first-order chi connectivity index (χ1) is 9.23. The van der Waals surface area contributed by atoms with Crippen molar-refractivity contribution in [2.75, 3.05) is 13.7 Å². The number of methoxy groups -OCH3 is 1. The third-order valence-electron chi connectivity index (χ3n) is 3.18. The third kappa shape index (κ3) is 3.96. The van der Waals surface area contributed by atoms with Crippen molar-refractivity contribution >= 4 is 5.97 Å². The maximum atomic E-state index is 12.4. The summed E-state index contributed by atoms with van der Waals surface area (Å²) in [7, 11) is 1.15. The molecule has 0 bridgehead atoms. The molecule has 6 heteroatoms. The fourth-order valence-electron chi connectivity index (χ4n) is 1.85. The van der Waals surface area contributed by atoms with E-state index < -0.39 is 24.2 Å². The van der Waals surface area contributed by atoms with E-state index in [1.54, 1.807) is 24.3 Å². The van der Waals surface area contributed by atoms with Gasteiger partial charge in [0.2, 0.25) is 0 Å². The standard InChI is InChI=1S/C14H18F3NO2/c1-4-10-5-7-11(8-6-10)13(2,12(19)20-3)18-9-14(15,16)17/h5-8,18H,4,9H2,1-3H3. The summed E-state index contributed by atoms with van der Waals surface area (Å²) in [4.78, 5) is 11.9. The van der Waals surface area contributed by atoms with E-state index in [0.717, 1.165) is 19.1 Å². The minimum absolute atomic E-state index is 0.436. The molecule has 0 fully saturated rings. The van der Waals surface area contributed by atoms with Crippen LogP contribution in [0.5, 0.6) is 0 Å². The summed E-state index contributed by atoms with van der Waals surface area (Å²) in [5, 5.41) is 2.24. The fraction of sp³-hybridized carbons (Fsp3) is 0.500. The first-order valence-electron chi connectivity index (χ1n) is 6.22. The van der Waals surface area contributed by atoms with Crippen LogP contribution in [-0.4, -0.2) is 25.8 Å². The van der Waals surface area contributed by atoms with Crippen LogP contribution in [0.2, 0.25) is 0 Å². The van der Waals surface area contributed by atoms with Gasteiger partial charge in [-0.05, 0) is 24.5 Å². The van der Waals surface area contributed by atoms with E-state index in [0.29, 0.717) is 5.56 Å². The second-order valence-electron chi connectivity index (χ2n) is 4.64. The Balaban J connectivity index is 3.06. The molecule has 0 aromatic heterocycles. The Morgan fingerprint density at radius 3 is 2.20 bits per heavy atom. The van der Waals surface area contributed by atoms with E-state index in [2.05, 4.69) is 10.1 Å². The van der Waals surface area contributed by atoms with Gasteiger partial charge < -0.3 is 4.74 Å². The van der Waals surface area contributed by atoms with Crippen LogP contribution in [0.25, 0.3) is 0 Å². The monoisotopic (exact) mass is 289 g/mol. The lowest BCUT2D eigenvalue weighted by atomic mass is 9.91. The summed E-state index contributed by atoms with van der Waals surface area (Å²) in [6.07, 6.45) is -3.59. The first-order valence-corrected chi connectivity index (χ1v) is 6.22. The molecule has 0 amide bonds. The van der Waals surface area contributed by atoms with Gasteiger partial charge in [0, 0.05) is 0 Å². The molecule has 1 aromatic rings. The van der Waals surface area contributed by atoms with Gasteiger partial charge in [0.05, 0.1) is 13.7 Å². The Hall–Kier alpha value is -1.56. The van der Waals surface area contributed by atoms with Crippen LogP contribution >= 0.6 is 0 Å². The van der Waals surface area contributed by atoms with E-state index in [4.69, 9.17) is 0 Å². The normalized spacial score (nSPS) is 14.7. The molecule has 0 spiro atoms. The number of hydrogen-bond acceptors (Lipinski definition) is 3. The lowest BCUT2D eigenvalue weighted by Gasteiger charge is -2.29. The predicted octanol–water partition coefficient (Wildman–Crippen LogP) is 2.79. The molecule has 0 aliphatic rings. The highest BCUT2D eigenvalue weighted by atomic mass is 19.4. The SMILES string of the molecule is CCc1ccc(C(C)(NCC(F)(F)F)C(=O)OC)cc1. The lowest BCUT2D eigenvalue weighted by Crippen LogP contribution is -2.50. The van der Waals surface area contributed by atoms with Gasteiger partial charge in [0.1, 0.15) is 5.54 Å². The summed E-state index contributed by atoms with van der Waals surface area (Å²) in [5.74, 6) is -0.758. The summed E-state index contributed by atoms with van der Waals surface area (Å²) in [6.45, 7) is 2.08. The van der Waals surface area contributed by atoms with Crippen molar-refractivity contribution < 1.29 is 22.7 Å². The average Bonchev–Trinajstić information content (AvgIpc) is 2.43. The number of nitrogens with one attached hydrogen (secondary N) is 1. The Labute approximate surface area is 116 Å². The number of aryl methyl sites for hydroxylation is 1. The number of esters is 1. The molecule has 0 saturated heterocycles. The number of hydrogen-bond donors (Lipinski definition) is 1. The van der Waals surface area contributed by atoms with Crippen molar-refractivity contribution in [3.8, 4) is 0 Å². The minimum atomic E-state index is -4.40. The number of ether oxygens (including phenoxy) is 1. The highest BCUT2D eigenvalue weighted by Gasteiger charge is 2.40. The molecule has 1 rings (SSSR count). The smallest absolute Gasteiger partial charge is 0.401 e. The van der Waals surface area contributed by atoms with E-state index in [9.17, 15) is 18.0 Å². The van der Waals surface area contributed by atoms with Gasteiger partial charge in [0.25, 0.3) is 0 Å². The van der Waals surface area contributed by atoms with Gasteiger partial charge in [-0.2, -0.15) is 13.2 Å². The van der Waals surface area contributed by atoms with Crippen LogP contribution in [0.4, 0.5) is 13.2 Å². The van der Waals surface area contributed by atoms with Gasteiger partial charge in [-0.25, -0.2) is 4.79 Å². The molecule has 1 aromatic carbocycles. The van der Waals surface area contributed by atoms with E-state index in [-0.39, 0.29) is 0 Å². The molecule has 112 valence electrons. The van der Waals surface area contributed by atoms with Gasteiger partial charge in [-0.3, -0.25) is 5.32 Å². The molecule has 0 saturated carbocycles. The molecule has 0 aliphatic heterocycles. The summed E-state index contributed by atoms with van der Waals surface area (Å²) >= 11 is 0. The number of alkyl halides is 3. The highest BCUT2D eigenvalue weighted by molar-refractivity contribution is 5.82. The maximum Gasteiger partial charge on any atom is 0.401 e. The van der Waals surface area contributed by atoms with Gasteiger partial charge >= 0.3 is 12.1 Å². The molecule has 0 radical (unpaired) electrons. The highest BCUT2D eigenvalue weighted by Crippen LogP contribution is 2.25. The number of rotatable bonds is 5. The van der Waals surface area contributed by atoms with Crippen molar-refractivity contribution in [3.05, 3.63) is 35.4 Å². The molecule has 0 heterocycles. The summed E-state index contributed by atoms with van der Waals surface area (Å²) in [6, 6.07) is 6.84. The van der Waals surface area contributed by atoms with Gasteiger partial charge in [0.15, 0.2) is 0 Å². The second kappa shape index (κ2) is 6.26. The van der Waals surface area contributed by atoms with Crippen molar-refractivity contribution in [1.82, 2.24) is 5.32 Å². The lowest BCUT2D eigenvalue weighted by molar-refractivity contribution is -0.153. The molecule has 1 atom stereocenters. The summed E-state index contributed by atoms with van der Waals surface area (Å²) < 4.78 is 41.7. The quantitative estimate of drug-likeness (QED) is 0.847. The molecule has 1 unspecified atom stereocenters. The Kier molecular flexibility index (Phi) is 5.16. The van der Waals surface area contributed by atoms with E-state index >= 15 is 0 Å². The van der Waals surface area contributed by atoms with Crippen LogP contribution in [0.15, 0.2) is 24.3 Å². The molecular formula is C14H18F3NO2. The molecule has 0 aliphatic carbocycles. The number of carbonyl (C=O) groups is 1. The van der Waals surface area contributed by atoms with E-state index in [1.807, 2.05) is 6.92 Å². The summed E-state index contributed by atoms with van der Waals surface area (Å²) in [5.41, 5.74) is -0.0566. The van der Waals surface area contributed by atoms with Crippen LogP contribution < -0.4 is 5.32 Å². The van der Waals surface area contributed by atoms with E-state index in [1.165, 1.54) is 6.92 Å². The molecule has 20 heavy (non-hydrogen) atoms. The minimum Gasteiger partial charge on any atom is -0.467 e. The second-order valence-corrected chi connectivity index (χ2v) is 4.64. The van der Waals surface area contributed by atoms with Crippen molar-refractivity contribution in [2.24, 2.45) is 0 Å². The van der Waals surface area contributed by atoms with Crippen LogP contribution in [0, 0.1) is 0 Å². The first kappa shape index (κ1) is 16.5. The third-order valence-corrected chi connectivity index (χ3v) is 3.18. The zero-order valence-corrected chi connectivity index (χ0v) is 11.7. The molecule has 1 N–H and O–H groups in total. The maximum absolute atomic E-state index is 12.4. The van der Waals surface area contributed by atoms with Crippen molar-refractivity contribution in [3.63, 3.8) is 0 Å². The Morgan fingerprint density at radius 2 is 1.80 bits per heavy atom. The van der Waals surface area contributed by atoms with Gasteiger partial charge in [-0.15, -0.1) is 0 Å². The average molecular weight is 289 g/mol. The molecular weight excluding hydrogens is 271 g/mol.